The third-order valence-corrected chi connectivity index (χ3v) is 38.7. The quantitative estimate of drug-likeness (QED) is 0.0619. The molecule has 28 aromatic rings. The Kier molecular flexibility index (Phi) is 21.2. The molecular formula is C136H89O3P3. The van der Waals surface area contributed by atoms with E-state index in [0.29, 0.717) is 0 Å². The van der Waals surface area contributed by atoms with Gasteiger partial charge in [0, 0.05) is 47.7 Å². The third-order valence-electron chi connectivity index (χ3n) is 29.4. The van der Waals surface area contributed by atoms with Gasteiger partial charge in [-0.3, -0.25) is 0 Å². The Morgan fingerprint density at radius 3 is 0.683 bits per heavy atom. The summed E-state index contributed by atoms with van der Waals surface area (Å²) in [6.45, 7) is 0. The number of benzene rings is 28. The molecular weight excluding hydrogens is 1770 g/mol. The zero-order valence-corrected chi connectivity index (χ0v) is 80.1. The fourth-order valence-electron chi connectivity index (χ4n) is 22.7. The van der Waals surface area contributed by atoms with E-state index in [1.807, 2.05) is 152 Å². The molecule has 0 unspecified atom stereocenters. The van der Waals surface area contributed by atoms with Crippen molar-refractivity contribution >= 4 is 220 Å². The Balaban J connectivity index is 0.000000110. The summed E-state index contributed by atoms with van der Waals surface area (Å²) in [6.07, 6.45) is 0. The van der Waals surface area contributed by atoms with Gasteiger partial charge in [0.25, 0.3) is 0 Å². The third kappa shape index (κ3) is 14.4. The Hall–Kier alpha value is -17.0. The lowest BCUT2D eigenvalue weighted by Crippen LogP contribution is -2.26. The van der Waals surface area contributed by atoms with Crippen molar-refractivity contribution in [2.75, 3.05) is 0 Å². The molecule has 0 saturated carbocycles. The number of hydrogen-bond donors (Lipinski definition) is 0. The molecule has 28 aromatic carbocycles. The second-order valence-corrected chi connectivity index (χ2v) is 45.5. The van der Waals surface area contributed by atoms with Gasteiger partial charge in [0.1, 0.15) is 0 Å². The summed E-state index contributed by atoms with van der Waals surface area (Å²) in [5, 5.41) is 41.1. The average Bonchev–Trinajstić information content (AvgIpc) is 0.698. The molecule has 0 aliphatic carbocycles. The van der Waals surface area contributed by atoms with Crippen LogP contribution in [-0.2, 0) is 13.7 Å². The normalized spacial score (nSPS) is 12.0. The van der Waals surface area contributed by atoms with Crippen LogP contribution in [0.4, 0.5) is 0 Å². The number of hydrogen-bond acceptors (Lipinski definition) is 3. The van der Waals surface area contributed by atoms with Crippen LogP contribution >= 0.6 is 21.4 Å². The maximum atomic E-state index is 16.1. The summed E-state index contributed by atoms with van der Waals surface area (Å²) in [5.41, 5.74) is 11.7. The lowest BCUT2D eigenvalue weighted by atomic mass is 9.84. The molecule has 0 N–H and O–H groups in total. The van der Waals surface area contributed by atoms with Crippen LogP contribution < -0.4 is 47.7 Å². The summed E-state index contributed by atoms with van der Waals surface area (Å²) < 4.78 is 46.9. The van der Waals surface area contributed by atoms with E-state index in [1.54, 1.807) is 0 Å². The van der Waals surface area contributed by atoms with Gasteiger partial charge in [-0.15, -0.1) is 0 Å². The van der Waals surface area contributed by atoms with E-state index in [0.717, 1.165) is 91.5 Å². The van der Waals surface area contributed by atoms with Gasteiger partial charge in [-0.2, -0.15) is 0 Å². The van der Waals surface area contributed by atoms with Crippen LogP contribution in [0.2, 0.25) is 0 Å². The minimum Gasteiger partial charge on any atom is -0.309 e. The molecule has 0 aromatic heterocycles. The van der Waals surface area contributed by atoms with Gasteiger partial charge in [0.15, 0.2) is 21.4 Å². The predicted molar refractivity (Wildman–Crippen MR) is 612 cm³/mol. The van der Waals surface area contributed by atoms with Gasteiger partial charge in [0.05, 0.1) is 0 Å². The largest absolute Gasteiger partial charge is 0.309 e. The minimum atomic E-state index is -3.29. The monoisotopic (exact) mass is 1860 g/mol. The first-order valence-electron chi connectivity index (χ1n) is 48.5. The van der Waals surface area contributed by atoms with Crippen LogP contribution in [0.15, 0.2) is 540 Å². The lowest BCUT2D eigenvalue weighted by Gasteiger charge is -2.25. The van der Waals surface area contributed by atoms with Crippen molar-refractivity contribution in [1.29, 1.82) is 0 Å². The number of fused-ring (bicyclic) bond motifs is 8. The second-order valence-electron chi connectivity index (χ2n) is 37.3. The van der Waals surface area contributed by atoms with Crippen LogP contribution in [0.25, 0.3) is 206 Å². The molecule has 142 heavy (non-hydrogen) atoms. The summed E-state index contributed by atoms with van der Waals surface area (Å²) in [5.74, 6) is 0. The highest BCUT2D eigenvalue weighted by molar-refractivity contribution is 7.86. The molecule has 0 aliphatic rings. The summed E-state index contributed by atoms with van der Waals surface area (Å²) in [6, 6.07) is 190. The zero-order chi connectivity index (χ0) is 94.6. The minimum absolute atomic E-state index is 0.825. The molecule has 666 valence electrons. The highest BCUT2D eigenvalue weighted by Crippen LogP contribution is 2.54. The Labute approximate surface area is 823 Å². The molecule has 3 nitrogen and oxygen atoms in total. The van der Waals surface area contributed by atoms with Gasteiger partial charge in [-0.25, -0.2) is 0 Å². The van der Waals surface area contributed by atoms with E-state index in [4.69, 9.17) is 0 Å². The molecule has 0 aliphatic heterocycles. The van der Waals surface area contributed by atoms with E-state index in [9.17, 15) is 0 Å². The molecule has 0 fully saturated rings. The molecule has 0 bridgehead atoms. The van der Waals surface area contributed by atoms with Crippen molar-refractivity contribution in [1.82, 2.24) is 0 Å². The van der Waals surface area contributed by atoms with Crippen LogP contribution in [0.5, 0.6) is 0 Å². The van der Waals surface area contributed by atoms with Crippen LogP contribution in [-0.4, -0.2) is 0 Å². The average molecular weight is 1860 g/mol. The smallest absolute Gasteiger partial charge is 0.172 e. The van der Waals surface area contributed by atoms with Crippen molar-refractivity contribution in [3.8, 4) is 55.6 Å². The molecule has 0 heterocycles. The molecule has 0 spiro atoms. The van der Waals surface area contributed by atoms with Gasteiger partial charge < -0.3 is 13.7 Å². The van der Waals surface area contributed by atoms with Gasteiger partial charge in [-0.1, -0.05) is 491 Å². The van der Waals surface area contributed by atoms with E-state index in [-0.39, 0.29) is 0 Å². The zero-order valence-electron chi connectivity index (χ0n) is 77.5. The summed E-state index contributed by atoms with van der Waals surface area (Å²) in [4.78, 5) is 0. The van der Waals surface area contributed by atoms with E-state index >= 15 is 13.7 Å². The summed E-state index contributed by atoms with van der Waals surface area (Å²) in [7, 11) is -9.59. The molecule has 0 amide bonds. The molecule has 28 rings (SSSR count). The Morgan fingerprint density at radius 2 is 0.331 bits per heavy atom. The van der Waals surface area contributed by atoms with Crippen molar-refractivity contribution in [3.05, 3.63) is 540 Å². The highest BCUT2D eigenvalue weighted by Gasteiger charge is 2.37. The first-order valence-corrected chi connectivity index (χ1v) is 53.6. The topological polar surface area (TPSA) is 51.2 Å². The standard InChI is InChI=1S/C52H35OP.C46H31OP.C38H23OP/c53-54(44-17-3-1-4-18-44,45-19-5-2-6-20-45)46-30-27-38(28-31-46)41-29-32-49-50(35-41)52(43-26-24-37-14-8-10-16-40(37)34-43)48-22-12-11-21-47(48)51(49)42-25-23-36-13-7-9-15-39(36)33-42;47-48(38-17-3-1-4-18-38,39-19-5-2-6-20-39)40-27-28-43-44(31-40)46(37-26-24-33-14-8-10-16-35(33)30-37)42-22-12-11-21-41(42)45(43)36-25-23-32-13-7-9-15-34(32)29-36;39-40(30-10-2-1-3-11-30,33-22-18-28-14-12-24-6-4-8-26-16-20-31(33)37(28)35(24)26)34-23-19-29-15-13-25-7-5-9-27-17-21-32(34)38(29)36(25)27/h1-35H;1-31H;1-23H. The number of rotatable bonds is 14. The fourth-order valence-corrected chi connectivity index (χ4v) is 31.0. The predicted octanol–water partition coefficient (Wildman–Crippen LogP) is 33.3. The van der Waals surface area contributed by atoms with Crippen LogP contribution in [0.1, 0.15) is 0 Å². The van der Waals surface area contributed by atoms with Crippen molar-refractivity contribution in [2.45, 2.75) is 0 Å². The maximum Gasteiger partial charge on any atom is 0.172 e. The van der Waals surface area contributed by atoms with Gasteiger partial charge in [0.2, 0.25) is 0 Å². The SMILES string of the molecule is O=P(c1ccccc1)(c1ccc2ccc3cccc4ccc1c2c34)c1ccc2ccc3cccc4ccc1c2c34.O=P(c1ccccc1)(c1ccccc1)c1ccc(-c2ccc3c(-c4ccc5ccccc5c4)c4ccccc4c(-c4ccc5ccccc5c4)c3c2)cc1.O=P(c1ccccc1)(c1ccccc1)c1ccc2c(-c3ccc4ccccc4c3)c3ccccc3c(-c3ccc4ccccc4c3)c2c1. The van der Waals surface area contributed by atoms with Crippen LogP contribution in [0.3, 0.4) is 0 Å². The molecule has 6 heteroatoms. The Bertz CT molecular complexity index is 9750. The van der Waals surface area contributed by atoms with Crippen molar-refractivity contribution < 1.29 is 13.7 Å². The first kappa shape index (κ1) is 85.4. The lowest BCUT2D eigenvalue weighted by molar-refractivity contribution is 0.591. The van der Waals surface area contributed by atoms with Gasteiger partial charge in [-0.05, 0) is 255 Å². The van der Waals surface area contributed by atoms with Crippen LogP contribution in [0, 0.1) is 0 Å². The Morgan fingerprint density at radius 1 is 0.113 bits per heavy atom. The molecule has 0 atom stereocenters. The molecule has 0 saturated heterocycles. The molecule has 0 radical (unpaired) electrons. The van der Waals surface area contributed by atoms with Crippen molar-refractivity contribution in [3.63, 3.8) is 0 Å². The van der Waals surface area contributed by atoms with Gasteiger partial charge >= 0.3 is 0 Å². The van der Waals surface area contributed by atoms with E-state index in [2.05, 4.69) is 388 Å². The second kappa shape index (κ2) is 35.2. The maximum absolute atomic E-state index is 16.1. The van der Waals surface area contributed by atoms with E-state index in [1.165, 1.54) is 163 Å². The van der Waals surface area contributed by atoms with E-state index < -0.39 is 21.4 Å². The highest BCUT2D eigenvalue weighted by atomic mass is 31.2. The van der Waals surface area contributed by atoms with Crippen molar-refractivity contribution in [2.24, 2.45) is 0 Å². The fraction of sp³-hybridized carbons (Fsp3) is 0. The first-order chi connectivity index (χ1) is 70.0. The summed E-state index contributed by atoms with van der Waals surface area (Å²) >= 11 is 0.